The van der Waals surface area contributed by atoms with Crippen LogP contribution in [0.25, 0.3) is 0 Å². The number of hydrogen-bond donors (Lipinski definition) is 1. The number of rotatable bonds is 4. The molecule has 0 radical (unpaired) electrons. The van der Waals surface area contributed by atoms with Crippen LogP contribution in [0, 0.1) is 0 Å². The van der Waals surface area contributed by atoms with Crippen molar-refractivity contribution in [2.45, 2.75) is 54.9 Å². The van der Waals surface area contributed by atoms with E-state index in [0.29, 0.717) is 5.75 Å². The van der Waals surface area contributed by atoms with E-state index in [1.54, 1.807) is 0 Å². The fourth-order valence-corrected chi connectivity index (χ4v) is 3.16. The molecule has 2 N–H and O–H groups in total. The summed E-state index contributed by atoms with van der Waals surface area (Å²) in [4.78, 5) is -0.407. The van der Waals surface area contributed by atoms with Crippen LogP contribution in [-0.2, 0) is 9.84 Å². The standard InChI is InChI=1S/C14H19F2NO3S/c15-14(16)21(18,19)11-8-6-10(7-9-11)20-13-5-3-1-2-4-12(13)17/h6-9,12-14H,1-5,17H2. The zero-order valence-corrected chi connectivity index (χ0v) is 12.4. The Morgan fingerprint density at radius 3 is 2.33 bits per heavy atom. The van der Waals surface area contributed by atoms with Crippen molar-refractivity contribution in [2.24, 2.45) is 5.73 Å². The zero-order chi connectivity index (χ0) is 15.5. The number of sulfone groups is 1. The van der Waals surface area contributed by atoms with Crippen molar-refractivity contribution in [3.05, 3.63) is 24.3 Å². The molecule has 2 rings (SSSR count). The highest BCUT2D eigenvalue weighted by atomic mass is 32.2. The zero-order valence-electron chi connectivity index (χ0n) is 11.5. The molecule has 2 atom stereocenters. The van der Waals surface area contributed by atoms with Gasteiger partial charge in [-0.2, -0.15) is 8.78 Å². The van der Waals surface area contributed by atoms with E-state index in [9.17, 15) is 17.2 Å². The molecule has 1 aliphatic carbocycles. The Labute approximate surface area is 123 Å². The van der Waals surface area contributed by atoms with Crippen LogP contribution in [0.15, 0.2) is 29.2 Å². The van der Waals surface area contributed by atoms with Crippen molar-refractivity contribution in [2.75, 3.05) is 0 Å². The number of benzene rings is 1. The van der Waals surface area contributed by atoms with Crippen LogP contribution in [0.4, 0.5) is 8.78 Å². The molecule has 2 unspecified atom stereocenters. The van der Waals surface area contributed by atoms with Gasteiger partial charge in [0.05, 0.1) is 4.90 Å². The first-order chi connectivity index (χ1) is 9.91. The monoisotopic (exact) mass is 319 g/mol. The van der Waals surface area contributed by atoms with Gasteiger partial charge in [0.1, 0.15) is 11.9 Å². The first kappa shape index (κ1) is 16.2. The molecular weight excluding hydrogens is 300 g/mol. The summed E-state index contributed by atoms with van der Waals surface area (Å²) in [5, 5.41) is 0. The van der Waals surface area contributed by atoms with Gasteiger partial charge in [0.2, 0.25) is 9.84 Å². The molecule has 21 heavy (non-hydrogen) atoms. The summed E-state index contributed by atoms with van der Waals surface area (Å²) in [6, 6.07) is 5.01. The fraction of sp³-hybridized carbons (Fsp3) is 0.571. The fourth-order valence-electron chi connectivity index (χ4n) is 2.43. The van der Waals surface area contributed by atoms with E-state index >= 15 is 0 Å². The van der Waals surface area contributed by atoms with Gasteiger partial charge in [0.15, 0.2) is 0 Å². The Hall–Kier alpha value is -1.21. The van der Waals surface area contributed by atoms with Gasteiger partial charge in [-0.3, -0.25) is 0 Å². The van der Waals surface area contributed by atoms with Crippen LogP contribution in [0.2, 0.25) is 0 Å². The molecule has 1 aromatic carbocycles. The molecule has 1 aliphatic rings. The highest BCUT2D eigenvalue weighted by molar-refractivity contribution is 7.91. The lowest BCUT2D eigenvalue weighted by Gasteiger charge is -2.23. The highest BCUT2D eigenvalue weighted by Gasteiger charge is 2.27. The van der Waals surface area contributed by atoms with Crippen molar-refractivity contribution >= 4 is 9.84 Å². The third-order valence-corrected chi connectivity index (χ3v) is 5.08. The van der Waals surface area contributed by atoms with Gasteiger partial charge in [-0.25, -0.2) is 8.42 Å². The Kier molecular flexibility index (Phi) is 5.16. The average molecular weight is 319 g/mol. The molecule has 0 aromatic heterocycles. The number of halogens is 2. The van der Waals surface area contributed by atoms with Crippen LogP contribution in [0.5, 0.6) is 5.75 Å². The van der Waals surface area contributed by atoms with Crippen molar-refractivity contribution in [3.8, 4) is 5.75 Å². The van der Waals surface area contributed by atoms with Gasteiger partial charge in [-0.1, -0.05) is 12.8 Å². The normalized spacial score (nSPS) is 23.8. The van der Waals surface area contributed by atoms with E-state index in [4.69, 9.17) is 10.5 Å². The Morgan fingerprint density at radius 1 is 1.10 bits per heavy atom. The van der Waals surface area contributed by atoms with Gasteiger partial charge < -0.3 is 10.5 Å². The second kappa shape index (κ2) is 6.70. The Balaban J connectivity index is 2.09. The SMILES string of the molecule is NC1CCCCCC1Oc1ccc(S(=O)(=O)C(F)F)cc1. The second-order valence-electron chi connectivity index (χ2n) is 5.24. The summed E-state index contributed by atoms with van der Waals surface area (Å²) in [6.45, 7) is 0. The number of alkyl halides is 2. The summed E-state index contributed by atoms with van der Waals surface area (Å²) < 4.78 is 53.3. The highest BCUT2D eigenvalue weighted by Crippen LogP contribution is 2.25. The summed E-state index contributed by atoms with van der Waals surface area (Å²) in [7, 11) is -4.56. The lowest BCUT2D eigenvalue weighted by molar-refractivity contribution is 0.162. The van der Waals surface area contributed by atoms with Gasteiger partial charge in [0.25, 0.3) is 0 Å². The first-order valence-electron chi connectivity index (χ1n) is 6.95. The average Bonchev–Trinajstić information content (AvgIpc) is 2.65. The van der Waals surface area contributed by atoms with Gasteiger partial charge in [-0.05, 0) is 43.5 Å². The molecule has 0 heterocycles. The minimum Gasteiger partial charge on any atom is -0.489 e. The van der Waals surface area contributed by atoms with Crippen LogP contribution < -0.4 is 10.5 Å². The predicted molar refractivity (Wildman–Crippen MR) is 75.1 cm³/mol. The van der Waals surface area contributed by atoms with Crippen molar-refractivity contribution in [3.63, 3.8) is 0 Å². The van der Waals surface area contributed by atoms with Gasteiger partial charge >= 0.3 is 5.76 Å². The summed E-state index contributed by atoms with van der Waals surface area (Å²) >= 11 is 0. The molecule has 0 saturated heterocycles. The lowest BCUT2D eigenvalue weighted by Crippen LogP contribution is -2.37. The lowest BCUT2D eigenvalue weighted by atomic mass is 10.1. The molecule has 0 bridgehead atoms. The maximum atomic E-state index is 12.4. The molecule has 7 heteroatoms. The minimum absolute atomic E-state index is 0.0584. The van der Waals surface area contributed by atoms with E-state index in [-0.39, 0.29) is 12.1 Å². The second-order valence-corrected chi connectivity index (χ2v) is 7.15. The molecule has 0 amide bonds. The molecule has 4 nitrogen and oxygen atoms in total. The topological polar surface area (TPSA) is 69.4 Å². The Morgan fingerprint density at radius 2 is 1.71 bits per heavy atom. The quantitative estimate of drug-likeness (QED) is 0.866. The number of hydrogen-bond acceptors (Lipinski definition) is 4. The molecular formula is C14H19F2NO3S. The predicted octanol–water partition coefficient (Wildman–Crippen LogP) is 2.72. The largest absolute Gasteiger partial charge is 0.489 e. The smallest absolute Gasteiger partial charge is 0.341 e. The van der Waals surface area contributed by atoms with Crippen molar-refractivity contribution < 1.29 is 21.9 Å². The van der Waals surface area contributed by atoms with Crippen LogP contribution >= 0.6 is 0 Å². The molecule has 0 aliphatic heterocycles. The van der Waals surface area contributed by atoms with E-state index in [2.05, 4.69) is 0 Å². The number of nitrogens with two attached hydrogens (primary N) is 1. The van der Waals surface area contributed by atoms with E-state index in [1.165, 1.54) is 12.1 Å². The summed E-state index contributed by atoms with van der Waals surface area (Å²) in [6.07, 6.45) is 4.85. The van der Waals surface area contributed by atoms with Gasteiger partial charge in [-0.15, -0.1) is 0 Å². The van der Waals surface area contributed by atoms with Crippen LogP contribution in [-0.4, -0.2) is 26.3 Å². The molecule has 118 valence electrons. The number of ether oxygens (including phenoxy) is 1. The maximum absolute atomic E-state index is 12.4. The molecule has 0 spiro atoms. The van der Waals surface area contributed by atoms with Crippen molar-refractivity contribution in [1.29, 1.82) is 0 Å². The van der Waals surface area contributed by atoms with Crippen LogP contribution in [0.3, 0.4) is 0 Å². The van der Waals surface area contributed by atoms with Crippen LogP contribution in [0.1, 0.15) is 32.1 Å². The molecule has 1 fully saturated rings. The first-order valence-corrected chi connectivity index (χ1v) is 8.50. The summed E-state index contributed by atoms with van der Waals surface area (Å²) in [5.41, 5.74) is 6.05. The summed E-state index contributed by atoms with van der Waals surface area (Å²) in [5.74, 6) is -2.97. The van der Waals surface area contributed by atoms with E-state index in [1.807, 2.05) is 0 Å². The van der Waals surface area contributed by atoms with Crippen molar-refractivity contribution in [1.82, 2.24) is 0 Å². The third kappa shape index (κ3) is 3.91. The van der Waals surface area contributed by atoms with E-state index in [0.717, 1.165) is 44.2 Å². The van der Waals surface area contributed by atoms with Gasteiger partial charge in [0, 0.05) is 6.04 Å². The maximum Gasteiger partial charge on any atom is 0.341 e. The van der Waals surface area contributed by atoms with E-state index < -0.39 is 20.5 Å². The molecule has 1 aromatic rings. The minimum atomic E-state index is -4.56. The molecule has 1 saturated carbocycles. The Bertz CT molecular complexity index is 560. The third-order valence-electron chi connectivity index (χ3n) is 3.68.